The molecule has 0 aromatic heterocycles. The van der Waals surface area contributed by atoms with Crippen molar-refractivity contribution in [2.75, 3.05) is 30.8 Å². The number of halogens is 1. The summed E-state index contributed by atoms with van der Waals surface area (Å²) >= 11 is 6.13. The van der Waals surface area contributed by atoms with Crippen molar-refractivity contribution >= 4 is 33.2 Å². The van der Waals surface area contributed by atoms with Gasteiger partial charge in [0.1, 0.15) is 24.1 Å². The third-order valence-electron chi connectivity index (χ3n) is 4.48. The maximum Gasteiger partial charge on any atom is 0.243 e. The molecule has 0 aliphatic carbocycles. The van der Waals surface area contributed by atoms with Gasteiger partial charge in [0.15, 0.2) is 0 Å². The SMILES string of the molecule is COc1ccc(N([C@H](C)C(=O)NCCOc2cc(C)ccc2C)S(C)(=O)=O)cc1Cl. The van der Waals surface area contributed by atoms with E-state index in [0.717, 1.165) is 27.4 Å². The van der Waals surface area contributed by atoms with E-state index >= 15 is 0 Å². The van der Waals surface area contributed by atoms with Crippen molar-refractivity contribution in [3.63, 3.8) is 0 Å². The number of rotatable bonds is 9. The predicted molar refractivity (Wildman–Crippen MR) is 119 cm³/mol. The zero-order valence-corrected chi connectivity index (χ0v) is 19.3. The van der Waals surface area contributed by atoms with Crippen molar-refractivity contribution in [2.45, 2.75) is 26.8 Å². The molecule has 30 heavy (non-hydrogen) atoms. The van der Waals surface area contributed by atoms with Crippen LogP contribution in [0.15, 0.2) is 36.4 Å². The van der Waals surface area contributed by atoms with Crippen LogP contribution in [0.25, 0.3) is 0 Å². The number of carbonyl (C=O) groups excluding carboxylic acids is 1. The quantitative estimate of drug-likeness (QED) is 0.587. The summed E-state index contributed by atoms with van der Waals surface area (Å²) in [4.78, 5) is 12.6. The first-order valence-electron chi connectivity index (χ1n) is 9.35. The first-order valence-corrected chi connectivity index (χ1v) is 11.6. The molecule has 0 spiro atoms. The van der Waals surface area contributed by atoms with Gasteiger partial charge in [-0.25, -0.2) is 8.42 Å². The molecule has 1 amide bonds. The average Bonchev–Trinajstić information content (AvgIpc) is 2.66. The van der Waals surface area contributed by atoms with E-state index in [4.69, 9.17) is 21.1 Å². The number of carbonyl (C=O) groups is 1. The Kier molecular flexibility index (Phi) is 7.97. The lowest BCUT2D eigenvalue weighted by Gasteiger charge is -2.28. The third kappa shape index (κ3) is 6.03. The monoisotopic (exact) mass is 454 g/mol. The van der Waals surface area contributed by atoms with E-state index in [1.807, 2.05) is 32.0 Å². The number of nitrogens with one attached hydrogen (secondary N) is 1. The summed E-state index contributed by atoms with van der Waals surface area (Å²) in [5.41, 5.74) is 2.35. The van der Waals surface area contributed by atoms with Crippen LogP contribution in [0.5, 0.6) is 11.5 Å². The summed E-state index contributed by atoms with van der Waals surface area (Å²) in [6, 6.07) is 9.46. The molecule has 0 fully saturated rings. The second kappa shape index (κ2) is 10.0. The van der Waals surface area contributed by atoms with Gasteiger partial charge in [-0.15, -0.1) is 0 Å². The molecule has 0 aliphatic heterocycles. The number of aryl methyl sites for hydroxylation is 2. The predicted octanol–water partition coefficient (Wildman–Crippen LogP) is 3.32. The summed E-state index contributed by atoms with van der Waals surface area (Å²) in [5.74, 6) is 0.717. The fourth-order valence-electron chi connectivity index (χ4n) is 2.95. The Labute approximate surface area is 183 Å². The molecule has 9 heteroatoms. The molecule has 0 radical (unpaired) electrons. The number of anilines is 1. The Hall–Kier alpha value is -2.45. The topological polar surface area (TPSA) is 84.9 Å². The molecule has 2 aromatic rings. The summed E-state index contributed by atoms with van der Waals surface area (Å²) < 4.78 is 36.6. The Morgan fingerprint density at radius 2 is 1.87 bits per heavy atom. The minimum atomic E-state index is -3.74. The van der Waals surface area contributed by atoms with Crippen LogP contribution in [0, 0.1) is 13.8 Å². The van der Waals surface area contributed by atoms with Crippen molar-refractivity contribution in [1.29, 1.82) is 0 Å². The zero-order valence-electron chi connectivity index (χ0n) is 17.7. The highest BCUT2D eigenvalue weighted by Gasteiger charge is 2.29. The van der Waals surface area contributed by atoms with Crippen LogP contribution >= 0.6 is 11.6 Å². The number of ether oxygens (including phenoxy) is 2. The molecule has 0 heterocycles. The zero-order chi connectivity index (χ0) is 22.5. The normalized spacial score (nSPS) is 12.2. The van der Waals surface area contributed by atoms with Gasteiger partial charge in [-0.3, -0.25) is 9.10 Å². The summed E-state index contributed by atoms with van der Waals surface area (Å²) in [6.45, 7) is 5.92. The largest absolute Gasteiger partial charge is 0.495 e. The Balaban J connectivity index is 2.05. The molecular formula is C21H27ClN2O5S. The van der Waals surface area contributed by atoms with Crippen molar-refractivity contribution in [2.24, 2.45) is 0 Å². The average molecular weight is 455 g/mol. The highest BCUT2D eigenvalue weighted by atomic mass is 35.5. The van der Waals surface area contributed by atoms with Crippen LogP contribution in [0.2, 0.25) is 5.02 Å². The molecule has 0 saturated carbocycles. The van der Waals surface area contributed by atoms with E-state index < -0.39 is 22.0 Å². The van der Waals surface area contributed by atoms with E-state index in [1.54, 1.807) is 12.1 Å². The molecule has 2 rings (SSSR count). The number of nitrogens with zero attached hydrogens (tertiary/aromatic N) is 1. The third-order valence-corrected chi connectivity index (χ3v) is 6.02. The minimum absolute atomic E-state index is 0.234. The minimum Gasteiger partial charge on any atom is -0.495 e. The van der Waals surface area contributed by atoms with Gasteiger partial charge in [-0.2, -0.15) is 0 Å². The van der Waals surface area contributed by atoms with Gasteiger partial charge in [0.2, 0.25) is 15.9 Å². The highest BCUT2D eigenvalue weighted by Crippen LogP contribution is 2.31. The van der Waals surface area contributed by atoms with Crippen LogP contribution in [0.4, 0.5) is 5.69 Å². The van der Waals surface area contributed by atoms with Gasteiger partial charge in [0, 0.05) is 0 Å². The Morgan fingerprint density at radius 3 is 2.47 bits per heavy atom. The standard InChI is InChI=1S/C21H27ClN2O5S/c1-14-6-7-15(2)20(12-14)29-11-10-23-21(25)16(3)24(30(5,26)27)17-8-9-19(28-4)18(22)13-17/h6-9,12-13,16H,10-11H2,1-5H3,(H,23,25)/t16-/m1/s1. The van der Waals surface area contributed by atoms with Crippen LogP contribution in [0.1, 0.15) is 18.1 Å². The highest BCUT2D eigenvalue weighted by molar-refractivity contribution is 7.92. The molecule has 0 bridgehead atoms. The fraction of sp³-hybridized carbons (Fsp3) is 0.381. The first kappa shape index (κ1) is 23.8. The maximum absolute atomic E-state index is 12.6. The van der Waals surface area contributed by atoms with Crippen molar-refractivity contribution in [3.8, 4) is 11.5 Å². The van der Waals surface area contributed by atoms with Gasteiger partial charge in [-0.1, -0.05) is 23.7 Å². The van der Waals surface area contributed by atoms with E-state index in [-0.39, 0.29) is 23.9 Å². The molecule has 1 atom stereocenters. The Bertz CT molecular complexity index is 1010. The van der Waals surface area contributed by atoms with E-state index in [2.05, 4.69) is 5.32 Å². The first-order chi connectivity index (χ1) is 14.0. The molecule has 7 nitrogen and oxygen atoms in total. The number of methoxy groups -OCH3 is 1. The Morgan fingerprint density at radius 1 is 1.17 bits per heavy atom. The van der Waals surface area contributed by atoms with Gasteiger partial charge < -0.3 is 14.8 Å². The van der Waals surface area contributed by atoms with Gasteiger partial charge in [0.25, 0.3) is 0 Å². The molecule has 2 aromatic carbocycles. The van der Waals surface area contributed by atoms with Gasteiger partial charge in [-0.05, 0) is 56.2 Å². The summed E-state index contributed by atoms with van der Waals surface area (Å²) in [6.07, 6.45) is 1.04. The maximum atomic E-state index is 12.6. The number of amides is 1. The van der Waals surface area contributed by atoms with E-state index in [0.29, 0.717) is 5.75 Å². The van der Waals surface area contributed by atoms with Crippen molar-refractivity contribution in [1.82, 2.24) is 5.32 Å². The fourth-order valence-corrected chi connectivity index (χ4v) is 4.37. The second-order valence-corrected chi connectivity index (χ2v) is 9.23. The van der Waals surface area contributed by atoms with E-state index in [1.165, 1.54) is 20.1 Å². The molecular weight excluding hydrogens is 428 g/mol. The van der Waals surface area contributed by atoms with Crippen molar-refractivity contribution in [3.05, 3.63) is 52.5 Å². The second-order valence-electron chi connectivity index (χ2n) is 6.96. The van der Waals surface area contributed by atoms with Crippen LogP contribution in [-0.4, -0.2) is 46.9 Å². The lowest BCUT2D eigenvalue weighted by molar-refractivity contribution is -0.121. The number of hydrogen-bond acceptors (Lipinski definition) is 5. The smallest absolute Gasteiger partial charge is 0.243 e. The lowest BCUT2D eigenvalue weighted by atomic mass is 10.1. The van der Waals surface area contributed by atoms with E-state index in [9.17, 15) is 13.2 Å². The number of sulfonamides is 1. The summed E-state index contributed by atoms with van der Waals surface area (Å²) in [7, 11) is -2.28. The van der Waals surface area contributed by atoms with Crippen LogP contribution in [-0.2, 0) is 14.8 Å². The molecule has 0 aliphatic rings. The molecule has 0 saturated heterocycles. The number of hydrogen-bond donors (Lipinski definition) is 1. The lowest BCUT2D eigenvalue weighted by Crippen LogP contribution is -2.48. The molecule has 1 N–H and O–H groups in total. The van der Waals surface area contributed by atoms with Crippen LogP contribution in [0.3, 0.4) is 0 Å². The summed E-state index contributed by atoms with van der Waals surface area (Å²) in [5, 5.41) is 2.97. The van der Waals surface area contributed by atoms with Gasteiger partial charge in [0.05, 0.1) is 30.6 Å². The van der Waals surface area contributed by atoms with Gasteiger partial charge >= 0.3 is 0 Å². The van der Waals surface area contributed by atoms with Crippen molar-refractivity contribution < 1.29 is 22.7 Å². The van der Waals surface area contributed by atoms with Crippen LogP contribution < -0.4 is 19.1 Å². The number of benzene rings is 2. The molecule has 164 valence electrons. The molecule has 0 unspecified atom stereocenters.